The van der Waals surface area contributed by atoms with E-state index in [2.05, 4.69) is 0 Å². The number of hydrogen-bond donors (Lipinski definition) is 0. The van der Waals surface area contributed by atoms with Crippen molar-refractivity contribution in [1.29, 1.82) is 0 Å². The summed E-state index contributed by atoms with van der Waals surface area (Å²) < 4.78 is 29.9. The van der Waals surface area contributed by atoms with E-state index in [1.54, 1.807) is 13.8 Å². The van der Waals surface area contributed by atoms with Gasteiger partial charge in [-0.25, -0.2) is 0 Å². The van der Waals surface area contributed by atoms with Crippen LogP contribution in [0.25, 0.3) is 0 Å². The molecule has 0 N–H and O–H groups in total. The third kappa shape index (κ3) is 8.50. The predicted octanol–water partition coefficient (Wildman–Crippen LogP) is 1.82. The summed E-state index contributed by atoms with van der Waals surface area (Å²) in [7, 11) is 2.39. The van der Waals surface area contributed by atoms with Gasteiger partial charge in [-0.15, -0.1) is 3.94 Å². The third-order valence-electron chi connectivity index (χ3n) is 2.45. The first kappa shape index (κ1) is 18.4. The molecular formula is C10H23Cl2N2O3S+. The van der Waals surface area contributed by atoms with Gasteiger partial charge in [-0.05, 0) is 43.8 Å². The van der Waals surface area contributed by atoms with E-state index in [1.807, 2.05) is 21.1 Å². The molecule has 0 radical (unpaired) electrons. The number of rotatable bonds is 8. The summed E-state index contributed by atoms with van der Waals surface area (Å²) in [6.45, 7) is 4.32. The molecule has 0 aliphatic heterocycles. The maximum Gasteiger partial charge on any atom is 0.267 e. The molecule has 0 aromatic carbocycles. The van der Waals surface area contributed by atoms with E-state index in [9.17, 15) is 8.42 Å². The lowest BCUT2D eigenvalue weighted by atomic mass is 10.0. The topological polar surface area (TPSA) is 46.6 Å². The first-order valence-electron chi connectivity index (χ1n) is 5.65. The van der Waals surface area contributed by atoms with Gasteiger partial charge in [-0.1, -0.05) is 0 Å². The van der Waals surface area contributed by atoms with Crippen LogP contribution in [0.5, 0.6) is 0 Å². The molecule has 0 rings (SSSR count). The largest absolute Gasteiger partial charge is 0.329 e. The molecular weight excluding hydrogens is 299 g/mol. The second kappa shape index (κ2) is 6.72. The lowest BCUT2D eigenvalue weighted by Gasteiger charge is -2.27. The van der Waals surface area contributed by atoms with E-state index in [0.29, 0.717) is 17.4 Å². The number of likely N-dealkylation sites (N-methyl/N-ethyl adjacent to an activating group) is 1. The van der Waals surface area contributed by atoms with Crippen LogP contribution in [0.1, 0.15) is 20.3 Å². The Morgan fingerprint density at radius 3 is 2.11 bits per heavy atom. The van der Waals surface area contributed by atoms with Crippen LogP contribution in [-0.2, 0) is 14.3 Å². The second-order valence-corrected chi connectivity index (χ2v) is 8.50. The van der Waals surface area contributed by atoms with E-state index in [4.69, 9.17) is 27.7 Å². The lowest BCUT2D eigenvalue weighted by molar-refractivity contribution is -0.870. The summed E-state index contributed by atoms with van der Waals surface area (Å²) in [4.78, 5) is 0. The molecule has 5 nitrogen and oxygen atoms in total. The van der Waals surface area contributed by atoms with Crippen molar-refractivity contribution in [2.45, 2.75) is 25.8 Å². The Bertz CT molecular complexity index is 351. The molecule has 0 atom stereocenters. The summed E-state index contributed by atoms with van der Waals surface area (Å²) >= 11 is 11.2. The molecule has 0 heterocycles. The van der Waals surface area contributed by atoms with E-state index in [0.717, 1.165) is 3.94 Å². The minimum absolute atomic E-state index is 0.104. The van der Waals surface area contributed by atoms with Crippen LogP contribution in [0.2, 0.25) is 0 Å². The highest BCUT2D eigenvalue weighted by atomic mass is 35.5. The fraction of sp³-hybridized carbons (Fsp3) is 1.00. The van der Waals surface area contributed by atoms with E-state index < -0.39 is 15.7 Å². The number of quaternary nitrogens is 1. The van der Waals surface area contributed by atoms with Gasteiger partial charge in [0.2, 0.25) is 0 Å². The van der Waals surface area contributed by atoms with Crippen molar-refractivity contribution in [2.75, 3.05) is 40.0 Å². The van der Waals surface area contributed by atoms with Crippen LogP contribution in [0.3, 0.4) is 0 Å². The van der Waals surface area contributed by atoms with Crippen molar-refractivity contribution in [2.24, 2.45) is 0 Å². The zero-order chi connectivity index (χ0) is 14.6. The molecule has 0 unspecified atom stereocenters. The average molecular weight is 322 g/mol. The quantitative estimate of drug-likeness (QED) is 0.388. The first-order chi connectivity index (χ1) is 7.86. The molecule has 110 valence electrons. The number of hydrogen-bond acceptors (Lipinski definition) is 4. The Labute approximate surface area is 121 Å². The Hall–Kier alpha value is 0.410. The highest BCUT2D eigenvalue weighted by Crippen LogP contribution is 2.24. The third-order valence-corrected chi connectivity index (χ3v) is 4.59. The minimum atomic E-state index is -3.52. The standard InChI is InChI=1S/C10H23Cl2N2O3S/c1-10(2,13(11)12)6-9-18(15,16)17-8-7-14(3,4)5/h6-9H2,1-5H3/q+1. The molecule has 0 spiro atoms. The first-order valence-corrected chi connectivity index (χ1v) is 7.90. The SMILES string of the molecule is CC(C)(CCS(=O)(=O)OCC[N+](C)(C)C)N(Cl)Cl. The van der Waals surface area contributed by atoms with Gasteiger partial charge in [0, 0.05) is 5.54 Å². The molecule has 0 saturated carbocycles. The Balaban J connectivity index is 4.18. The van der Waals surface area contributed by atoms with Gasteiger partial charge in [0.1, 0.15) is 13.2 Å². The van der Waals surface area contributed by atoms with Crippen molar-refractivity contribution in [3.63, 3.8) is 0 Å². The van der Waals surface area contributed by atoms with Crippen LogP contribution in [0.15, 0.2) is 0 Å². The minimum Gasteiger partial charge on any atom is -0.329 e. The summed E-state index contributed by atoms with van der Waals surface area (Å²) in [5.74, 6) is -0.104. The molecule has 0 bridgehead atoms. The summed E-state index contributed by atoms with van der Waals surface area (Å²) in [6.07, 6.45) is 0.298. The van der Waals surface area contributed by atoms with Gasteiger partial charge < -0.3 is 4.48 Å². The molecule has 0 amide bonds. The number of nitrogens with zero attached hydrogens (tertiary/aromatic N) is 2. The van der Waals surface area contributed by atoms with Gasteiger partial charge in [0.25, 0.3) is 10.1 Å². The van der Waals surface area contributed by atoms with Crippen LogP contribution >= 0.6 is 23.6 Å². The van der Waals surface area contributed by atoms with E-state index in [1.165, 1.54) is 0 Å². The average Bonchev–Trinajstić information content (AvgIpc) is 2.12. The van der Waals surface area contributed by atoms with Gasteiger partial charge >= 0.3 is 0 Å². The van der Waals surface area contributed by atoms with Crippen LogP contribution in [-0.4, -0.2) is 62.4 Å². The maximum absolute atomic E-state index is 11.7. The molecule has 0 saturated heterocycles. The zero-order valence-electron chi connectivity index (χ0n) is 11.6. The van der Waals surface area contributed by atoms with Crippen LogP contribution < -0.4 is 0 Å². The predicted molar refractivity (Wildman–Crippen MR) is 74.9 cm³/mol. The van der Waals surface area contributed by atoms with E-state index >= 15 is 0 Å². The van der Waals surface area contributed by atoms with Crippen molar-refractivity contribution in [3.8, 4) is 0 Å². The highest BCUT2D eigenvalue weighted by molar-refractivity contribution is 7.86. The van der Waals surface area contributed by atoms with Crippen molar-refractivity contribution in [1.82, 2.24) is 3.94 Å². The maximum atomic E-state index is 11.7. The Kier molecular flexibility index (Phi) is 6.87. The van der Waals surface area contributed by atoms with Crippen LogP contribution in [0, 0.1) is 0 Å². The second-order valence-electron chi connectivity index (χ2n) is 5.89. The van der Waals surface area contributed by atoms with Gasteiger partial charge in [-0.3, -0.25) is 4.18 Å². The van der Waals surface area contributed by atoms with Gasteiger partial charge in [-0.2, -0.15) is 8.42 Å². The summed E-state index contributed by atoms with van der Waals surface area (Å²) in [6, 6.07) is 0. The molecule has 0 aliphatic rings. The number of halogens is 2. The van der Waals surface area contributed by atoms with Gasteiger partial charge in [0.15, 0.2) is 0 Å². The lowest BCUT2D eigenvalue weighted by Crippen LogP contribution is -2.38. The van der Waals surface area contributed by atoms with Crippen LogP contribution in [0.4, 0.5) is 0 Å². The Morgan fingerprint density at radius 2 is 1.72 bits per heavy atom. The molecule has 8 heteroatoms. The smallest absolute Gasteiger partial charge is 0.267 e. The highest BCUT2D eigenvalue weighted by Gasteiger charge is 2.27. The van der Waals surface area contributed by atoms with Crippen molar-refractivity contribution < 1.29 is 17.1 Å². The molecule has 0 aliphatic carbocycles. The summed E-state index contributed by atoms with van der Waals surface area (Å²) in [5.41, 5.74) is -0.611. The Morgan fingerprint density at radius 1 is 1.22 bits per heavy atom. The molecule has 0 aromatic heterocycles. The fourth-order valence-corrected chi connectivity index (χ4v) is 2.32. The summed E-state index contributed by atoms with van der Waals surface area (Å²) in [5, 5.41) is 0. The van der Waals surface area contributed by atoms with Gasteiger partial charge in [0.05, 0.1) is 26.9 Å². The normalized spacial score (nSPS) is 14.2. The molecule has 18 heavy (non-hydrogen) atoms. The molecule has 0 fully saturated rings. The van der Waals surface area contributed by atoms with Crippen molar-refractivity contribution >= 4 is 33.7 Å². The zero-order valence-corrected chi connectivity index (χ0v) is 13.9. The van der Waals surface area contributed by atoms with Crippen molar-refractivity contribution in [3.05, 3.63) is 0 Å². The fourth-order valence-electron chi connectivity index (χ4n) is 0.956. The monoisotopic (exact) mass is 321 g/mol. The van der Waals surface area contributed by atoms with E-state index in [-0.39, 0.29) is 12.4 Å². The molecule has 0 aromatic rings.